The average Bonchev–Trinajstić information content (AvgIpc) is 3.83. The second-order valence-corrected chi connectivity index (χ2v) is 13.3. The standard InChI is InChI=1S/C29H32N4O5S/c1-19-17-37-18-20(2)33(19)26-16-25(29(14-15-29)39(35,36)24-12-13-24)31-27(32-26)21-8-10-22(11-9-21)30-28(34)38-23-6-4-3-5-7-23/h3-11,16,19-20,24H,12-15,17-18H2,1-2H3,(H,30,34). The molecule has 2 unspecified atom stereocenters. The smallest absolute Gasteiger partial charge is 0.410 e. The van der Waals surface area contributed by atoms with Crippen molar-refractivity contribution in [1.29, 1.82) is 0 Å². The molecule has 2 aliphatic carbocycles. The Morgan fingerprint density at radius 3 is 2.28 bits per heavy atom. The lowest BCUT2D eigenvalue weighted by atomic mass is 10.1. The van der Waals surface area contributed by atoms with Crippen LogP contribution >= 0.6 is 0 Å². The van der Waals surface area contributed by atoms with Gasteiger partial charge >= 0.3 is 6.09 Å². The number of carbonyl (C=O) groups excluding carboxylic acids is 1. The number of benzene rings is 2. The Labute approximate surface area is 228 Å². The first kappa shape index (κ1) is 25.8. The lowest BCUT2D eigenvalue weighted by Gasteiger charge is -2.40. The van der Waals surface area contributed by atoms with E-state index in [2.05, 4.69) is 24.1 Å². The molecule has 2 heterocycles. The van der Waals surface area contributed by atoms with Gasteiger partial charge in [-0.2, -0.15) is 0 Å². The van der Waals surface area contributed by atoms with Gasteiger partial charge in [0.25, 0.3) is 0 Å². The molecule has 0 spiro atoms. The Morgan fingerprint density at radius 1 is 1.00 bits per heavy atom. The van der Waals surface area contributed by atoms with Gasteiger partial charge in [-0.25, -0.2) is 23.2 Å². The van der Waals surface area contributed by atoms with Gasteiger partial charge in [0.05, 0.1) is 36.2 Å². The summed E-state index contributed by atoms with van der Waals surface area (Å²) in [6.45, 7) is 5.31. The maximum Gasteiger partial charge on any atom is 0.417 e. The van der Waals surface area contributed by atoms with E-state index in [1.807, 2.05) is 24.3 Å². The van der Waals surface area contributed by atoms with Crippen LogP contribution in [0.15, 0.2) is 60.7 Å². The third kappa shape index (κ3) is 4.98. The van der Waals surface area contributed by atoms with E-state index in [9.17, 15) is 13.2 Å². The van der Waals surface area contributed by atoms with Crippen LogP contribution in [-0.4, -0.2) is 55.0 Å². The Morgan fingerprint density at radius 2 is 1.67 bits per heavy atom. The zero-order valence-corrected chi connectivity index (χ0v) is 22.9. The summed E-state index contributed by atoms with van der Waals surface area (Å²) in [5.74, 6) is 1.62. The zero-order valence-electron chi connectivity index (χ0n) is 22.0. The van der Waals surface area contributed by atoms with Crippen molar-refractivity contribution in [3.8, 4) is 17.1 Å². The molecule has 0 bridgehead atoms. The van der Waals surface area contributed by atoms with Crippen LogP contribution in [0.3, 0.4) is 0 Å². The van der Waals surface area contributed by atoms with Crippen molar-refractivity contribution in [2.45, 2.75) is 61.6 Å². The molecule has 3 fully saturated rings. The Hall–Kier alpha value is -3.50. The highest BCUT2D eigenvalue weighted by Gasteiger charge is 2.61. The van der Waals surface area contributed by atoms with Gasteiger partial charge in [-0.05, 0) is 75.9 Å². The number of sulfone groups is 1. The monoisotopic (exact) mass is 548 g/mol. The van der Waals surface area contributed by atoms with Crippen LogP contribution in [0.4, 0.5) is 16.3 Å². The van der Waals surface area contributed by atoms with E-state index in [0.717, 1.165) is 18.4 Å². The number of para-hydroxylation sites is 1. The van der Waals surface area contributed by atoms with Gasteiger partial charge in [-0.15, -0.1) is 0 Å². The number of morpholine rings is 1. The summed E-state index contributed by atoms with van der Waals surface area (Å²) in [5.41, 5.74) is 1.86. The van der Waals surface area contributed by atoms with E-state index in [0.29, 0.717) is 54.8 Å². The van der Waals surface area contributed by atoms with Crippen molar-refractivity contribution < 1.29 is 22.7 Å². The number of aromatic nitrogens is 2. The molecule has 1 aliphatic heterocycles. The highest BCUT2D eigenvalue weighted by molar-refractivity contribution is 7.93. The lowest BCUT2D eigenvalue weighted by molar-refractivity contribution is 0.0752. The van der Waals surface area contributed by atoms with Crippen LogP contribution in [0.1, 0.15) is 45.2 Å². The second-order valence-electron chi connectivity index (χ2n) is 10.7. The summed E-state index contributed by atoms with van der Waals surface area (Å²) < 4.78 is 37.0. The van der Waals surface area contributed by atoms with Gasteiger partial charge in [-0.3, -0.25) is 5.32 Å². The first-order valence-electron chi connectivity index (χ1n) is 13.4. The van der Waals surface area contributed by atoms with E-state index in [4.69, 9.17) is 19.4 Å². The van der Waals surface area contributed by atoms with E-state index in [1.165, 1.54) is 0 Å². The van der Waals surface area contributed by atoms with E-state index >= 15 is 0 Å². The van der Waals surface area contributed by atoms with E-state index in [-0.39, 0.29) is 17.3 Å². The highest BCUT2D eigenvalue weighted by Crippen LogP contribution is 2.57. The fourth-order valence-electron chi connectivity index (χ4n) is 5.32. The molecule has 2 saturated carbocycles. The summed E-state index contributed by atoms with van der Waals surface area (Å²) >= 11 is 0. The lowest BCUT2D eigenvalue weighted by Crippen LogP contribution is -2.50. The SMILES string of the molecule is CC1COCC(C)N1c1cc(C2(S(=O)(=O)C3CC3)CC2)nc(-c2ccc(NC(=O)Oc3ccccc3)cc2)n1. The molecular weight excluding hydrogens is 516 g/mol. The molecule has 1 saturated heterocycles. The van der Waals surface area contributed by atoms with Crippen LogP contribution in [0.5, 0.6) is 5.75 Å². The zero-order chi connectivity index (χ0) is 27.2. The van der Waals surface area contributed by atoms with Gasteiger partial charge in [-0.1, -0.05) is 18.2 Å². The molecule has 10 heteroatoms. The number of nitrogens with zero attached hydrogens (tertiary/aromatic N) is 3. The third-order valence-electron chi connectivity index (χ3n) is 7.67. The highest BCUT2D eigenvalue weighted by atomic mass is 32.2. The Bertz CT molecular complexity index is 1460. The fraction of sp³-hybridized carbons (Fsp3) is 0.414. The molecule has 1 amide bonds. The van der Waals surface area contributed by atoms with Crippen molar-refractivity contribution in [2.24, 2.45) is 0 Å². The minimum absolute atomic E-state index is 0.0849. The predicted molar refractivity (Wildman–Crippen MR) is 149 cm³/mol. The Balaban J connectivity index is 1.32. The summed E-state index contributed by atoms with van der Waals surface area (Å²) in [6.07, 6.45) is 2.04. The maximum atomic E-state index is 13.5. The molecule has 6 rings (SSSR count). The van der Waals surface area contributed by atoms with Gasteiger partial charge in [0.2, 0.25) is 0 Å². The van der Waals surface area contributed by atoms with Crippen LogP contribution in [0, 0.1) is 0 Å². The van der Waals surface area contributed by atoms with Crippen molar-refractivity contribution in [3.63, 3.8) is 0 Å². The molecule has 1 aromatic heterocycles. The number of amides is 1. The molecule has 2 aromatic carbocycles. The second kappa shape index (κ2) is 9.91. The third-order valence-corrected chi connectivity index (χ3v) is 10.7. The molecule has 204 valence electrons. The Kier molecular flexibility index (Phi) is 6.55. The molecule has 0 radical (unpaired) electrons. The predicted octanol–water partition coefficient (Wildman–Crippen LogP) is 4.93. The van der Waals surface area contributed by atoms with Gasteiger partial charge < -0.3 is 14.4 Å². The average molecular weight is 549 g/mol. The summed E-state index contributed by atoms with van der Waals surface area (Å²) in [7, 11) is -3.32. The molecule has 9 nitrogen and oxygen atoms in total. The van der Waals surface area contributed by atoms with Gasteiger partial charge in [0, 0.05) is 17.3 Å². The summed E-state index contributed by atoms with van der Waals surface area (Å²) in [4.78, 5) is 24.3. The van der Waals surface area contributed by atoms with Crippen LogP contribution in [0.25, 0.3) is 11.4 Å². The van der Waals surface area contributed by atoms with Crippen molar-refractivity contribution in [2.75, 3.05) is 23.4 Å². The van der Waals surface area contributed by atoms with Crippen molar-refractivity contribution in [1.82, 2.24) is 9.97 Å². The number of hydrogen-bond donors (Lipinski definition) is 1. The van der Waals surface area contributed by atoms with Crippen molar-refractivity contribution >= 4 is 27.4 Å². The molecule has 3 aliphatic rings. The van der Waals surface area contributed by atoms with Crippen molar-refractivity contribution in [3.05, 3.63) is 66.4 Å². The number of carbonyl (C=O) groups is 1. The van der Waals surface area contributed by atoms with Gasteiger partial charge in [0.15, 0.2) is 15.7 Å². The molecule has 3 aromatic rings. The minimum Gasteiger partial charge on any atom is -0.410 e. The number of rotatable bonds is 7. The maximum absolute atomic E-state index is 13.5. The number of hydrogen-bond acceptors (Lipinski definition) is 8. The molecule has 1 N–H and O–H groups in total. The van der Waals surface area contributed by atoms with E-state index < -0.39 is 20.7 Å². The molecule has 2 atom stereocenters. The fourth-order valence-corrected chi connectivity index (χ4v) is 7.79. The first-order valence-corrected chi connectivity index (χ1v) is 14.9. The number of anilines is 2. The summed E-state index contributed by atoms with van der Waals surface area (Å²) in [5, 5.41) is 2.47. The minimum atomic E-state index is -3.32. The topological polar surface area (TPSA) is 111 Å². The normalized spacial score (nSPS) is 22.3. The molecular formula is C29H32N4O5S. The summed E-state index contributed by atoms with van der Waals surface area (Å²) in [6, 6.07) is 18.0. The van der Waals surface area contributed by atoms with Crippen LogP contribution < -0.4 is 15.0 Å². The number of nitrogens with one attached hydrogen (secondary N) is 1. The van der Waals surface area contributed by atoms with Gasteiger partial charge in [0.1, 0.15) is 16.3 Å². The number of ether oxygens (including phenoxy) is 2. The van der Waals surface area contributed by atoms with Crippen LogP contribution in [0.2, 0.25) is 0 Å². The largest absolute Gasteiger partial charge is 0.417 e. The quantitative estimate of drug-likeness (QED) is 0.442. The van der Waals surface area contributed by atoms with E-state index in [1.54, 1.807) is 36.4 Å². The van der Waals surface area contributed by atoms with Crippen LogP contribution in [-0.2, 0) is 19.3 Å². The molecule has 39 heavy (non-hydrogen) atoms. The first-order chi connectivity index (χ1) is 18.8.